The van der Waals surface area contributed by atoms with Crippen LogP contribution in [-0.4, -0.2) is 10.5 Å². The maximum atomic E-state index is 13.9. The normalized spacial score (nSPS) is 12.2. The predicted molar refractivity (Wildman–Crippen MR) is 112 cm³/mol. The van der Waals surface area contributed by atoms with Crippen LogP contribution in [0.4, 0.5) is 4.39 Å². The molecule has 3 nitrogen and oxygen atoms in total. The van der Waals surface area contributed by atoms with E-state index in [0.717, 1.165) is 15.8 Å². The minimum atomic E-state index is -0.313. The summed E-state index contributed by atoms with van der Waals surface area (Å²) in [6.45, 7) is 4.32. The van der Waals surface area contributed by atoms with E-state index >= 15 is 0 Å². The molecule has 0 saturated carbocycles. The number of aromatic nitrogens is 1. The number of rotatable bonds is 5. The van der Waals surface area contributed by atoms with Gasteiger partial charge in [0.25, 0.3) is 5.91 Å². The van der Waals surface area contributed by atoms with E-state index in [-0.39, 0.29) is 24.3 Å². The second-order valence-corrected chi connectivity index (χ2v) is 8.15. The Kier molecular flexibility index (Phi) is 5.01. The Bertz CT molecular complexity index is 1130. The number of amides is 1. The summed E-state index contributed by atoms with van der Waals surface area (Å²) < 4.78 is 17.0. The van der Waals surface area contributed by atoms with Crippen LogP contribution in [0, 0.1) is 12.7 Å². The molecule has 0 radical (unpaired) electrons. The summed E-state index contributed by atoms with van der Waals surface area (Å²) in [5.74, 6) is -0.514. The lowest BCUT2D eigenvalue weighted by atomic mass is 10.1. The van der Waals surface area contributed by atoms with Gasteiger partial charge in [0.15, 0.2) is 0 Å². The summed E-state index contributed by atoms with van der Waals surface area (Å²) in [4.78, 5) is 14.2. The van der Waals surface area contributed by atoms with Gasteiger partial charge in [-0.15, -0.1) is 11.3 Å². The molecule has 1 amide bonds. The van der Waals surface area contributed by atoms with Crippen LogP contribution in [0.5, 0.6) is 0 Å². The first-order valence-corrected chi connectivity index (χ1v) is 10.0. The average Bonchev–Trinajstić information content (AvgIpc) is 3.23. The fourth-order valence-electron chi connectivity index (χ4n) is 3.51. The van der Waals surface area contributed by atoms with Gasteiger partial charge < -0.3 is 9.88 Å². The molecule has 0 spiro atoms. The molecule has 0 saturated heterocycles. The number of thiophene rings is 1. The Labute approximate surface area is 167 Å². The summed E-state index contributed by atoms with van der Waals surface area (Å²) in [7, 11) is 0. The van der Waals surface area contributed by atoms with Gasteiger partial charge in [-0.05, 0) is 37.6 Å². The van der Waals surface area contributed by atoms with Gasteiger partial charge >= 0.3 is 0 Å². The lowest BCUT2D eigenvalue weighted by Crippen LogP contribution is -2.27. The largest absolute Gasteiger partial charge is 0.347 e. The Hall–Kier alpha value is -2.92. The maximum absolute atomic E-state index is 13.9. The zero-order valence-corrected chi connectivity index (χ0v) is 16.6. The molecule has 0 unspecified atom stereocenters. The van der Waals surface area contributed by atoms with Crippen molar-refractivity contribution in [3.8, 4) is 0 Å². The average molecular weight is 392 g/mol. The third-order valence-electron chi connectivity index (χ3n) is 4.95. The maximum Gasteiger partial charge on any atom is 0.268 e. The van der Waals surface area contributed by atoms with Crippen molar-refractivity contribution >= 4 is 27.5 Å². The molecule has 4 aromatic rings. The van der Waals surface area contributed by atoms with E-state index in [1.165, 1.54) is 10.9 Å². The summed E-state index contributed by atoms with van der Waals surface area (Å²) in [6, 6.07) is 20.7. The van der Waals surface area contributed by atoms with Crippen molar-refractivity contribution in [1.82, 2.24) is 9.88 Å². The number of hydrogen-bond donors (Lipinski definition) is 1. The van der Waals surface area contributed by atoms with Gasteiger partial charge in [0.2, 0.25) is 0 Å². The molecule has 1 N–H and O–H groups in total. The highest BCUT2D eigenvalue weighted by molar-refractivity contribution is 7.19. The molecule has 0 aliphatic rings. The second-order valence-electron chi connectivity index (χ2n) is 6.87. The molecule has 28 heavy (non-hydrogen) atoms. The summed E-state index contributed by atoms with van der Waals surface area (Å²) in [5.41, 5.74) is 3.25. The zero-order valence-electron chi connectivity index (χ0n) is 15.8. The molecule has 142 valence electrons. The molecule has 0 aliphatic heterocycles. The molecule has 2 aromatic heterocycles. The Morgan fingerprint density at radius 2 is 1.82 bits per heavy atom. The van der Waals surface area contributed by atoms with Gasteiger partial charge in [-0.1, -0.05) is 48.5 Å². The van der Waals surface area contributed by atoms with Crippen molar-refractivity contribution in [3.05, 3.63) is 94.2 Å². The van der Waals surface area contributed by atoms with Crippen LogP contribution >= 0.6 is 11.3 Å². The van der Waals surface area contributed by atoms with Crippen molar-refractivity contribution in [3.63, 3.8) is 0 Å². The number of benzene rings is 2. The molecule has 0 bridgehead atoms. The summed E-state index contributed by atoms with van der Waals surface area (Å²) in [5, 5.41) is 2.87. The van der Waals surface area contributed by atoms with Crippen molar-refractivity contribution < 1.29 is 9.18 Å². The standard InChI is InChI=1S/C23H21FN2OS/c1-15-12-20-22(28-15)13-21(26(20)16(2)17-8-4-3-5-9-17)23(27)25-14-18-10-6-7-11-19(18)24/h3-13,16H,14H2,1-2H3,(H,25,27)/t16-/m0/s1. The third-order valence-corrected chi connectivity index (χ3v) is 5.94. The Morgan fingerprint density at radius 1 is 1.11 bits per heavy atom. The number of hydrogen-bond acceptors (Lipinski definition) is 2. The Morgan fingerprint density at radius 3 is 2.57 bits per heavy atom. The minimum Gasteiger partial charge on any atom is -0.347 e. The fraction of sp³-hybridized carbons (Fsp3) is 0.174. The van der Waals surface area contributed by atoms with Gasteiger partial charge in [0.05, 0.1) is 16.3 Å². The van der Waals surface area contributed by atoms with E-state index in [1.54, 1.807) is 29.5 Å². The van der Waals surface area contributed by atoms with Crippen molar-refractivity contribution in [2.24, 2.45) is 0 Å². The van der Waals surface area contributed by atoms with E-state index in [1.807, 2.05) is 24.3 Å². The number of fused-ring (bicyclic) bond motifs is 1. The molecular formula is C23H21FN2OS. The van der Waals surface area contributed by atoms with Crippen LogP contribution in [0.3, 0.4) is 0 Å². The summed E-state index contributed by atoms with van der Waals surface area (Å²) >= 11 is 1.67. The highest BCUT2D eigenvalue weighted by Gasteiger charge is 2.22. The molecule has 2 heterocycles. The number of nitrogens with one attached hydrogen (secondary N) is 1. The molecule has 1 atom stereocenters. The van der Waals surface area contributed by atoms with Crippen LogP contribution in [0.1, 0.15) is 39.5 Å². The summed E-state index contributed by atoms with van der Waals surface area (Å²) in [6.07, 6.45) is 0. The van der Waals surface area contributed by atoms with E-state index in [2.05, 4.69) is 41.9 Å². The number of nitrogens with zero attached hydrogens (tertiary/aromatic N) is 1. The molecule has 5 heteroatoms. The Balaban J connectivity index is 1.69. The number of carbonyl (C=O) groups excluding carboxylic acids is 1. The van der Waals surface area contributed by atoms with E-state index in [0.29, 0.717) is 11.3 Å². The smallest absolute Gasteiger partial charge is 0.268 e. The minimum absolute atomic E-state index is 0.00177. The molecule has 4 rings (SSSR count). The zero-order chi connectivity index (χ0) is 19.7. The van der Waals surface area contributed by atoms with Crippen molar-refractivity contribution in [2.75, 3.05) is 0 Å². The lowest BCUT2D eigenvalue weighted by molar-refractivity contribution is 0.0941. The van der Waals surface area contributed by atoms with Crippen molar-refractivity contribution in [2.45, 2.75) is 26.4 Å². The monoisotopic (exact) mass is 392 g/mol. The fourth-order valence-corrected chi connectivity index (χ4v) is 4.46. The van der Waals surface area contributed by atoms with Gasteiger partial charge in [0.1, 0.15) is 11.5 Å². The van der Waals surface area contributed by atoms with E-state index < -0.39 is 0 Å². The van der Waals surface area contributed by atoms with E-state index in [9.17, 15) is 9.18 Å². The highest BCUT2D eigenvalue weighted by atomic mass is 32.1. The molecule has 0 aliphatic carbocycles. The molecular weight excluding hydrogens is 371 g/mol. The van der Waals surface area contributed by atoms with Gasteiger partial charge in [-0.25, -0.2) is 4.39 Å². The predicted octanol–water partition coefficient (Wildman–Crippen LogP) is 5.69. The van der Waals surface area contributed by atoms with Crippen LogP contribution in [0.25, 0.3) is 10.2 Å². The third kappa shape index (κ3) is 3.45. The molecule has 2 aromatic carbocycles. The van der Waals surface area contributed by atoms with Crippen LogP contribution in [-0.2, 0) is 6.54 Å². The number of carbonyl (C=O) groups is 1. The first kappa shape index (κ1) is 18.4. The van der Waals surface area contributed by atoms with Crippen molar-refractivity contribution in [1.29, 1.82) is 0 Å². The number of aryl methyl sites for hydroxylation is 1. The van der Waals surface area contributed by atoms with Crippen LogP contribution < -0.4 is 5.32 Å². The quantitative estimate of drug-likeness (QED) is 0.465. The van der Waals surface area contributed by atoms with Gasteiger partial charge in [-0.3, -0.25) is 4.79 Å². The van der Waals surface area contributed by atoms with Crippen LogP contribution in [0.2, 0.25) is 0 Å². The first-order valence-electron chi connectivity index (χ1n) is 9.22. The van der Waals surface area contributed by atoms with Gasteiger partial charge in [-0.2, -0.15) is 0 Å². The van der Waals surface area contributed by atoms with Gasteiger partial charge in [0, 0.05) is 17.0 Å². The topological polar surface area (TPSA) is 34.0 Å². The van der Waals surface area contributed by atoms with Crippen LogP contribution in [0.15, 0.2) is 66.7 Å². The second kappa shape index (κ2) is 7.60. The van der Waals surface area contributed by atoms with E-state index in [4.69, 9.17) is 0 Å². The lowest BCUT2D eigenvalue weighted by Gasteiger charge is -2.19. The number of halogens is 1. The SMILES string of the molecule is Cc1cc2c(cc(C(=O)NCc3ccccc3F)n2[C@@H](C)c2ccccc2)s1. The first-order chi connectivity index (χ1) is 13.5. The molecule has 0 fully saturated rings. The highest BCUT2D eigenvalue weighted by Crippen LogP contribution is 2.33.